The highest BCUT2D eigenvalue weighted by molar-refractivity contribution is 5.69. The first-order valence-electron chi connectivity index (χ1n) is 5.95. The lowest BCUT2D eigenvalue weighted by Crippen LogP contribution is -2.41. The normalized spacial score (nSPS) is 28.7. The zero-order valence-electron chi connectivity index (χ0n) is 10.7. The monoisotopic (exact) mass is 229 g/mol. The first kappa shape index (κ1) is 13.3. The predicted molar refractivity (Wildman–Crippen MR) is 62.2 cm³/mol. The van der Waals surface area contributed by atoms with Crippen LogP contribution in [0.5, 0.6) is 0 Å². The van der Waals surface area contributed by atoms with E-state index in [-0.39, 0.29) is 18.2 Å². The number of aliphatic hydroxyl groups is 1. The van der Waals surface area contributed by atoms with Crippen molar-refractivity contribution in [3.8, 4) is 0 Å². The third kappa shape index (κ3) is 3.37. The molecule has 4 nitrogen and oxygen atoms in total. The van der Waals surface area contributed by atoms with Gasteiger partial charge in [0.1, 0.15) is 5.60 Å². The van der Waals surface area contributed by atoms with Crippen LogP contribution in [-0.2, 0) is 4.74 Å². The highest BCUT2D eigenvalue weighted by Gasteiger charge is 2.53. The Kier molecular flexibility index (Phi) is 3.84. The van der Waals surface area contributed by atoms with Gasteiger partial charge in [-0.3, -0.25) is 0 Å². The van der Waals surface area contributed by atoms with E-state index in [2.05, 4.69) is 12.2 Å². The summed E-state index contributed by atoms with van der Waals surface area (Å²) in [4.78, 5) is 11.6. The minimum atomic E-state index is -0.458. The second-order valence-corrected chi connectivity index (χ2v) is 5.55. The molecule has 0 aromatic carbocycles. The summed E-state index contributed by atoms with van der Waals surface area (Å²) < 4.78 is 5.23. The van der Waals surface area contributed by atoms with Crippen molar-refractivity contribution in [3.05, 3.63) is 0 Å². The van der Waals surface area contributed by atoms with Gasteiger partial charge in [0.05, 0.1) is 0 Å². The molecular weight excluding hydrogens is 206 g/mol. The molecule has 0 unspecified atom stereocenters. The maximum atomic E-state index is 11.6. The Bertz CT molecular complexity index is 259. The Balaban J connectivity index is 2.44. The number of carbonyl (C=O) groups is 1. The summed E-state index contributed by atoms with van der Waals surface area (Å²) in [5.41, 5.74) is -0.592. The molecule has 1 fully saturated rings. The van der Waals surface area contributed by atoms with Gasteiger partial charge in [0.15, 0.2) is 0 Å². The lowest BCUT2D eigenvalue weighted by Gasteiger charge is -2.23. The highest BCUT2D eigenvalue weighted by Crippen LogP contribution is 2.48. The first-order chi connectivity index (χ1) is 7.33. The largest absolute Gasteiger partial charge is 0.444 e. The van der Waals surface area contributed by atoms with Gasteiger partial charge < -0.3 is 15.2 Å². The summed E-state index contributed by atoms with van der Waals surface area (Å²) in [6.07, 6.45) is 2.24. The zero-order valence-corrected chi connectivity index (χ0v) is 10.7. The standard InChI is InChI=1S/C12H23NO3/c1-5-12(8-9(12)6-7-14)13-10(15)16-11(2,3)4/h9,14H,5-8H2,1-4H3,(H,13,15)/t9-,12-/m1/s1. The van der Waals surface area contributed by atoms with Gasteiger partial charge in [0.2, 0.25) is 0 Å². The molecule has 1 amide bonds. The van der Waals surface area contributed by atoms with E-state index < -0.39 is 5.60 Å². The number of amides is 1. The van der Waals surface area contributed by atoms with E-state index in [0.29, 0.717) is 5.92 Å². The molecule has 0 aliphatic heterocycles. The SMILES string of the molecule is CC[C@@]1(NC(=O)OC(C)(C)C)C[C@H]1CCO. The molecule has 2 N–H and O–H groups in total. The van der Waals surface area contributed by atoms with Crippen molar-refractivity contribution in [2.75, 3.05) is 6.61 Å². The average Bonchev–Trinajstić information content (AvgIpc) is 2.76. The van der Waals surface area contributed by atoms with Gasteiger partial charge in [-0.05, 0) is 46.0 Å². The summed E-state index contributed by atoms with van der Waals surface area (Å²) in [5.74, 6) is 0.398. The first-order valence-corrected chi connectivity index (χ1v) is 5.95. The lowest BCUT2D eigenvalue weighted by molar-refractivity contribution is 0.0487. The van der Waals surface area contributed by atoms with Crippen LogP contribution in [0.4, 0.5) is 4.79 Å². The maximum Gasteiger partial charge on any atom is 0.408 e. The second kappa shape index (κ2) is 4.62. The van der Waals surface area contributed by atoms with Gasteiger partial charge in [0, 0.05) is 12.1 Å². The molecule has 0 aromatic rings. The molecule has 1 rings (SSSR count). The van der Waals surface area contributed by atoms with E-state index >= 15 is 0 Å². The van der Waals surface area contributed by atoms with Crippen LogP contribution in [0.2, 0.25) is 0 Å². The van der Waals surface area contributed by atoms with Crippen LogP contribution in [0.1, 0.15) is 47.0 Å². The number of aliphatic hydroxyl groups excluding tert-OH is 1. The predicted octanol–water partition coefficient (Wildman–Crippen LogP) is 2.06. The minimum Gasteiger partial charge on any atom is -0.444 e. The molecule has 0 bridgehead atoms. The number of carbonyl (C=O) groups excluding carboxylic acids is 1. The van der Waals surface area contributed by atoms with Gasteiger partial charge >= 0.3 is 6.09 Å². The van der Waals surface area contributed by atoms with Crippen LogP contribution >= 0.6 is 0 Å². The molecule has 1 saturated carbocycles. The van der Waals surface area contributed by atoms with Gasteiger partial charge in [0.25, 0.3) is 0 Å². The van der Waals surface area contributed by atoms with E-state index in [1.54, 1.807) is 0 Å². The van der Waals surface area contributed by atoms with E-state index in [1.165, 1.54) is 0 Å². The zero-order chi connectivity index (χ0) is 12.4. The fraction of sp³-hybridized carbons (Fsp3) is 0.917. The average molecular weight is 229 g/mol. The Hall–Kier alpha value is -0.770. The van der Waals surface area contributed by atoms with Crippen LogP contribution in [0.25, 0.3) is 0 Å². The molecule has 2 atom stereocenters. The molecule has 94 valence electrons. The molecule has 1 aliphatic rings. The summed E-state index contributed by atoms with van der Waals surface area (Å²) in [6.45, 7) is 7.78. The number of hydrogen-bond acceptors (Lipinski definition) is 3. The molecule has 0 radical (unpaired) electrons. The molecule has 4 heteroatoms. The number of rotatable bonds is 4. The summed E-state index contributed by atoms with van der Waals surface area (Å²) in [5, 5.41) is 11.8. The fourth-order valence-corrected chi connectivity index (χ4v) is 2.10. The van der Waals surface area contributed by atoms with Crippen molar-refractivity contribution in [1.29, 1.82) is 0 Å². The van der Waals surface area contributed by atoms with E-state index in [0.717, 1.165) is 19.3 Å². The smallest absolute Gasteiger partial charge is 0.408 e. The summed E-state index contributed by atoms with van der Waals surface area (Å²) in [6, 6.07) is 0. The van der Waals surface area contributed by atoms with Crippen molar-refractivity contribution < 1.29 is 14.6 Å². The van der Waals surface area contributed by atoms with E-state index in [9.17, 15) is 4.79 Å². The third-order valence-corrected chi connectivity index (χ3v) is 3.09. The van der Waals surface area contributed by atoms with Gasteiger partial charge in [-0.15, -0.1) is 0 Å². The summed E-state index contributed by atoms with van der Waals surface area (Å²) >= 11 is 0. The van der Waals surface area contributed by atoms with Gasteiger partial charge in [-0.25, -0.2) is 4.79 Å². The van der Waals surface area contributed by atoms with Crippen LogP contribution in [-0.4, -0.2) is 28.9 Å². The minimum absolute atomic E-state index is 0.134. The Labute approximate surface area is 97.4 Å². The van der Waals surface area contributed by atoms with E-state index in [4.69, 9.17) is 9.84 Å². The highest BCUT2D eigenvalue weighted by atomic mass is 16.6. The van der Waals surface area contributed by atoms with Crippen molar-refractivity contribution in [2.24, 2.45) is 5.92 Å². The number of ether oxygens (including phenoxy) is 1. The van der Waals surface area contributed by atoms with Crippen LogP contribution < -0.4 is 5.32 Å². The van der Waals surface area contributed by atoms with Crippen LogP contribution in [0, 0.1) is 5.92 Å². The Morgan fingerprint density at radius 1 is 1.56 bits per heavy atom. The number of alkyl carbamates (subject to hydrolysis) is 1. The lowest BCUT2D eigenvalue weighted by atomic mass is 10.1. The van der Waals surface area contributed by atoms with Gasteiger partial charge in [-0.2, -0.15) is 0 Å². The van der Waals surface area contributed by atoms with Crippen molar-refractivity contribution in [3.63, 3.8) is 0 Å². The Morgan fingerprint density at radius 3 is 2.62 bits per heavy atom. The maximum absolute atomic E-state index is 11.6. The fourth-order valence-electron chi connectivity index (χ4n) is 2.10. The van der Waals surface area contributed by atoms with Crippen molar-refractivity contribution >= 4 is 6.09 Å². The molecule has 1 aliphatic carbocycles. The molecule has 0 spiro atoms. The topological polar surface area (TPSA) is 58.6 Å². The quantitative estimate of drug-likeness (QED) is 0.775. The van der Waals surface area contributed by atoms with Crippen molar-refractivity contribution in [2.45, 2.75) is 58.1 Å². The Morgan fingerprint density at radius 2 is 2.19 bits per heavy atom. The molecule has 0 aromatic heterocycles. The van der Waals surface area contributed by atoms with Crippen molar-refractivity contribution in [1.82, 2.24) is 5.32 Å². The third-order valence-electron chi connectivity index (χ3n) is 3.09. The summed E-state index contributed by atoms with van der Waals surface area (Å²) in [7, 11) is 0. The number of hydrogen-bond donors (Lipinski definition) is 2. The van der Waals surface area contributed by atoms with E-state index in [1.807, 2.05) is 20.8 Å². The molecule has 16 heavy (non-hydrogen) atoms. The number of nitrogens with one attached hydrogen (secondary N) is 1. The molecule has 0 saturated heterocycles. The second-order valence-electron chi connectivity index (χ2n) is 5.55. The van der Waals surface area contributed by atoms with Crippen LogP contribution in [0.15, 0.2) is 0 Å². The van der Waals surface area contributed by atoms with Gasteiger partial charge in [-0.1, -0.05) is 6.92 Å². The van der Waals surface area contributed by atoms with Crippen LogP contribution in [0.3, 0.4) is 0 Å². The molecular formula is C12H23NO3. The molecule has 0 heterocycles.